The number of anilines is 2. The molecule has 8 heteroatoms. The Bertz CT molecular complexity index is 1060. The number of likely N-dealkylation sites (tertiary alicyclic amines) is 1. The highest BCUT2D eigenvalue weighted by molar-refractivity contribution is 7.14. The summed E-state index contributed by atoms with van der Waals surface area (Å²) in [5.74, 6) is 0.312. The second kappa shape index (κ2) is 9.45. The number of carbonyl (C=O) groups excluding carboxylic acids is 2. The largest absolute Gasteiger partial charge is 0.459 e. The van der Waals surface area contributed by atoms with Crippen LogP contribution in [-0.2, 0) is 6.54 Å². The van der Waals surface area contributed by atoms with Gasteiger partial charge in [0.1, 0.15) is 0 Å². The molecule has 1 aliphatic heterocycles. The van der Waals surface area contributed by atoms with Crippen LogP contribution in [-0.4, -0.2) is 34.8 Å². The predicted molar refractivity (Wildman–Crippen MR) is 122 cm³/mol. The van der Waals surface area contributed by atoms with Crippen molar-refractivity contribution in [2.45, 2.75) is 33.2 Å². The van der Waals surface area contributed by atoms with E-state index in [1.54, 1.807) is 30.3 Å². The molecule has 0 radical (unpaired) electrons. The minimum absolute atomic E-state index is 0.215. The summed E-state index contributed by atoms with van der Waals surface area (Å²) in [6.45, 7) is 7.15. The Balaban J connectivity index is 1.39. The number of furan rings is 1. The van der Waals surface area contributed by atoms with E-state index in [2.05, 4.69) is 27.4 Å². The van der Waals surface area contributed by atoms with E-state index < -0.39 is 0 Å². The summed E-state index contributed by atoms with van der Waals surface area (Å²) in [5, 5.41) is 8.24. The number of nitrogens with zero attached hydrogens (tertiary/aromatic N) is 2. The van der Waals surface area contributed by atoms with Crippen LogP contribution >= 0.6 is 11.3 Å². The predicted octanol–water partition coefficient (Wildman–Crippen LogP) is 4.78. The quantitative estimate of drug-likeness (QED) is 0.578. The summed E-state index contributed by atoms with van der Waals surface area (Å²) in [6, 6.07) is 8.44. The average molecular weight is 439 g/mol. The van der Waals surface area contributed by atoms with E-state index in [0.29, 0.717) is 16.4 Å². The fourth-order valence-corrected chi connectivity index (χ4v) is 4.45. The van der Waals surface area contributed by atoms with Crippen molar-refractivity contribution in [1.29, 1.82) is 0 Å². The minimum Gasteiger partial charge on any atom is -0.459 e. The fraction of sp³-hybridized carbons (Fsp3) is 0.348. The molecule has 1 aromatic carbocycles. The maximum atomic E-state index is 12.7. The van der Waals surface area contributed by atoms with E-state index in [1.807, 2.05) is 12.3 Å². The zero-order chi connectivity index (χ0) is 21.8. The molecule has 0 aliphatic carbocycles. The molecule has 0 bridgehead atoms. The van der Waals surface area contributed by atoms with Gasteiger partial charge in [0.15, 0.2) is 10.9 Å². The first-order chi connectivity index (χ1) is 15.0. The van der Waals surface area contributed by atoms with Gasteiger partial charge in [0.2, 0.25) is 0 Å². The molecule has 31 heavy (non-hydrogen) atoms. The molecule has 1 atom stereocenters. The van der Waals surface area contributed by atoms with Crippen LogP contribution in [0.3, 0.4) is 0 Å². The van der Waals surface area contributed by atoms with Gasteiger partial charge >= 0.3 is 0 Å². The second-order valence-corrected chi connectivity index (χ2v) is 8.90. The number of piperidine rings is 1. The molecule has 3 heterocycles. The molecule has 0 saturated carbocycles. The van der Waals surface area contributed by atoms with Gasteiger partial charge in [-0.25, -0.2) is 4.98 Å². The Morgan fingerprint density at radius 2 is 2.13 bits per heavy atom. The van der Waals surface area contributed by atoms with Gasteiger partial charge in [-0.3, -0.25) is 19.8 Å². The van der Waals surface area contributed by atoms with Crippen LogP contribution in [0.1, 0.15) is 51.9 Å². The molecule has 1 aliphatic rings. The summed E-state index contributed by atoms with van der Waals surface area (Å²) in [5.41, 5.74) is 2.84. The van der Waals surface area contributed by atoms with Crippen molar-refractivity contribution in [2.24, 2.45) is 5.92 Å². The Kier molecular flexibility index (Phi) is 6.48. The number of benzene rings is 1. The van der Waals surface area contributed by atoms with Crippen LogP contribution in [0, 0.1) is 12.8 Å². The Labute approximate surface area is 185 Å². The lowest BCUT2D eigenvalue weighted by Gasteiger charge is -2.30. The van der Waals surface area contributed by atoms with Crippen molar-refractivity contribution < 1.29 is 14.0 Å². The molecule has 2 aromatic heterocycles. The fourth-order valence-electron chi connectivity index (χ4n) is 3.76. The third-order valence-corrected chi connectivity index (χ3v) is 6.20. The molecule has 0 spiro atoms. The summed E-state index contributed by atoms with van der Waals surface area (Å²) in [4.78, 5) is 32.0. The summed E-state index contributed by atoms with van der Waals surface area (Å²) in [6.07, 6.45) is 3.95. The molecule has 1 fully saturated rings. The Hall–Kier alpha value is -2.97. The lowest BCUT2D eigenvalue weighted by atomic mass is 10.0. The van der Waals surface area contributed by atoms with Gasteiger partial charge in [-0.2, -0.15) is 0 Å². The first-order valence-electron chi connectivity index (χ1n) is 10.4. The number of nitrogens with one attached hydrogen (secondary N) is 2. The van der Waals surface area contributed by atoms with Gasteiger partial charge in [-0.05, 0) is 62.1 Å². The van der Waals surface area contributed by atoms with Crippen LogP contribution in [0.2, 0.25) is 0 Å². The third-order valence-electron chi connectivity index (χ3n) is 5.39. The Morgan fingerprint density at radius 3 is 2.90 bits per heavy atom. The smallest absolute Gasteiger partial charge is 0.291 e. The summed E-state index contributed by atoms with van der Waals surface area (Å²) < 4.78 is 5.12. The van der Waals surface area contributed by atoms with Crippen molar-refractivity contribution in [3.05, 3.63) is 64.6 Å². The van der Waals surface area contributed by atoms with E-state index in [-0.39, 0.29) is 17.6 Å². The zero-order valence-corrected chi connectivity index (χ0v) is 18.5. The van der Waals surface area contributed by atoms with E-state index in [4.69, 9.17) is 4.42 Å². The first-order valence-corrected chi connectivity index (χ1v) is 11.3. The van der Waals surface area contributed by atoms with Crippen molar-refractivity contribution in [2.75, 3.05) is 23.7 Å². The molecule has 162 valence electrons. The van der Waals surface area contributed by atoms with Crippen LogP contribution in [0.15, 0.2) is 46.4 Å². The zero-order valence-electron chi connectivity index (χ0n) is 17.7. The van der Waals surface area contributed by atoms with Gasteiger partial charge < -0.3 is 9.73 Å². The van der Waals surface area contributed by atoms with Crippen LogP contribution in [0.25, 0.3) is 0 Å². The van der Waals surface area contributed by atoms with Crippen molar-refractivity contribution in [1.82, 2.24) is 9.88 Å². The van der Waals surface area contributed by atoms with Crippen molar-refractivity contribution in [3.8, 4) is 0 Å². The molecule has 2 N–H and O–H groups in total. The molecule has 3 aromatic rings. The highest BCUT2D eigenvalue weighted by atomic mass is 32.1. The highest BCUT2D eigenvalue weighted by Crippen LogP contribution is 2.23. The van der Waals surface area contributed by atoms with Crippen molar-refractivity contribution in [3.63, 3.8) is 0 Å². The summed E-state index contributed by atoms with van der Waals surface area (Å²) >= 11 is 1.43. The molecule has 7 nitrogen and oxygen atoms in total. The van der Waals surface area contributed by atoms with Gasteiger partial charge in [-0.15, -0.1) is 11.3 Å². The van der Waals surface area contributed by atoms with Gasteiger partial charge in [0.05, 0.1) is 12.0 Å². The molecular weight excluding hydrogens is 412 g/mol. The van der Waals surface area contributed by atoms with Crippen LogP contribution < -0.4 is 10.6 Å². The van der Waals surface area contributed by atoms with E-state index >= 15 is 0 Å². The van der Waals surface area contributed by atoms with E-state index in [9.17, 15) is 9.59 Å². The topological polar surface area (TPSA) is 87.5 Å². The molecule has 1 saturated heterocycles. The SMILES string of the molecule is Cc1ccc(C(=O)Nc2nc(CN3CCC[C@@H](C)C3)cs2)cc1NC(=O)c1ccco1. The van der Waals surface area contributed by atoms with Crippen LogP contribution in [0.5, 0.6) is 0 Å². The number of hydrogen-bond donors (Lipinski definition) is 2. The van der Waals surface area contributed by atoms with Crippen LogP contribution in [0.4, 0.5) is 10.8 Å². The standard InChI is InChI=1S/C23H26N4O3S/c1-15-5-3-9-27(12-15)13-18-14-31-23(24-18)26-21(28)17-8-7-16(2)19(11-17)25-22(29)20-6-4-10-30-20/h4,6-8,10-11,14-15H,3,5,9,12-13H2,1-2H3,(H,25,29)(H,24,26,28)/t15-/m1/s1. The number of thiazole rings is 1. The average Bonchev–Trinajstić information content (AvgIpc) is 3.42. The van der Waals surface area contributed by atoms with Gasteiger partial charge in [0.25, 0.3) is 11.8 Å². The molecule has 4 rings (SSSR count). The first kappa shape index (κ1) is 21.3. The number of hydrogen-bond acceptors (Lipinski definition) is 6. The lowest BCUT2D eigenvalue weighted by molar-refractivity contribution is 0.0993. The van der Waals surface area contributed by atoms with Gasteiger partial charge in [0, 0.05) is 29.7 Å². The molecule has 2 amide bonds. The van der Waals surface area contributed by atoms with E-state index in [0.717, 1.165) is 36.8 Å². The molecular formula is C23H26N4O3S. The lowest BCUT2D eigenvalue weighted by Crippen LogP contribution is -2.33. The number of amides is 2. The minimum atomic E-state index is -0.359. The number of rotatable bonds is 6. The van der Waals surface area contributed by atoms with Crippen molar-refractivity contribution >= 4 is 34.0 Å². The Morgan fingerprint density at radius 1 is 1.26 bits per heavy atom. The summed E-state index contributed by atoms with van der Waals surface area (Å²) in [7, 11) is 0. The maximum Gasteiger partial charge on any atom is 0.291 e. The monoisotopic (exact) mass is 438 g/mol. The normalized spacial score (nSPS) is 16.8. The maximum absolute atomic E-state index is 12.7. The third kappa shape index (κ3) is 5.39. The molecule has 0 unspecified atom stereocenters. The number of aryl methyl sites for hydroxylation is 1. The number of carbonyl (C=O) groups is 2. The van der Waals surface area contributed by atoms with Gasteiger partial charge in [-0.1, -0.05) is 13.0 Å². The van der Waals surface area contributed by atoms with E-state index in [1.165, 1.54) is 30.4 Å². The number of aromatic nitrogens is 1. The second-order valence-electron chi connectivity index (χ2n) is 8.04. The highest BCUT2D eigenvalue weighted by Gasteiger charge is 2.18.